The summed E-state index contributed by atoms with van der Waals surface area (Å²) in [4.78, 5) is 39.8. The van der Waals surface area contributed by atoms with Gasteiger partial charge in [0.05, 0.1) is 15.9 Å². The van der Waals surface area contributed by atoms with Gasteiger partial charge in [-0.1, -0.05) is 36.8 Å². The fourth-order valence-electron chi connectivity index (χ4n) is 6.06. The Morgan fingerprint density at radius 1 is 1.19 bits per heavy atom. The highest BCUT2D eigenvalue weighted by Crippen LogP contribution is 2.46. The Hall–Kier alpha value is -3.04. The van der Waals surface area contributed by atoms with Crippen molar-refractivity contribution in [3.8, 4) is 10.4 Å². The van der Waals surface area contributed by atoms with Crippen LogP contribution in [0, 0.1) is 31.6 Å². The molecule has 2 aliphatic rings. The molecule has 1 aromatic carbocycles. The van der Waals surface area contributed by atoms with Crippen molar-refractivity contribution in [2.45, 2.75) is 39.7 Å². The van der Waals surface area contributed by atoms with Gasteiger partial charge in [-0.15, -0.1) is 22.7 Å². The average Bonchev–Trinajstić information content (AvgIpc) is 3.63. The number of thiazole rings is 2. The Bertz CT molecular complexity index is 1420. The van der Waals surface area contributed by atoms with Gasteiger partial charge in [-0.25, -0.2) is 9.97 Å². The van der Waals surface area contributed by atoms with Crippen molar-refractivity contribution in [2.24, 2.45) is 17.8 Å². The van der Waals surface area contributed by atoms with Gasteiger partial charge in [-0.2, -0.15) is 0 Å². The predicted octanol–water partition coefficient (Wildman–Crippen LogP) is 5.05. The van der Waals surface area contributed by atoms with Crippen LogP contribution < -0.4 is 5.32 Å². The Morgan fingerprint density at radius 3 is 2.86 bits per heavy atom. The number of nitrogens with zero attached hydrogens (tertiary/aromatic N) is 4. The van der Waals surface area contributed by atoms with Crippen molar-refractivity contribution < 1.29 is 9.59 Å². The van der Waals surface area contributed by atoms with Gasteiger partial charge in [0.25, 0.3) is 11.8 Å². The lowest BCUT2D eigenvalue weighted by molar-refractivity contribution is 0.0692. The quantitative estimate of drug-likeness (QED) is 0.400. The van der Waals surface area contributed by atoms with Gasteiger partial charge in [0.15, 0.2) is 4.96 Å². The molecule has 1 saturated heterocycles. The summed E-state index contributed by atoms with van der Waals surface area (Å²) in [6, 6.07) is 8.19. The second kappa shape index (κ2) is 9.12. The maximum atomic E-state index is 14.0. The van der Waals surface area contributed by atoms with E-state index in [1.165, 1.54) is 11.3 Å². The Balaban J connectivity index is 1.26. The van der Waals surface area contributed by atoms with Crippen molar-refractivity contribution in [3.05, 3.63) is 64.0 Å². The lowest BCUT2D eigenvalue weighted by atomic mass is 9.93. The maximum absolute atomic E-state index is 14.0. The lowest BCUT2D eigenvalue weighted by Gasteiger charge is -2.28. The highest BCUT2D eigenvalue weighted by molar-refractivity contribution is 7.15. The van der Waals surface area contributed by atoms with Gasteiger partial charge in [0, 0.05) is 30.9 Å². The molecule has 1 aliphatic carbocycles. The SMILES string of the molecule is Cc1cccc(-c2sc(C)nc2C(=O)N2C[C@@H]3CC(C)C[C@@H]3[C@H]2CNC(=O)c2cn3ccsc3n2)c1. The van der Waals surface area contributed by atoms with E-state index in [9.17, 15) is 9.59 Å². The van der Waals surface area contributed by atoms with Crippen molar-refractivity contribution in [3.63, 3.8) is 0 Å². The first-order valence-corrected chi connectivity index (χ1v) is 14.1. The van der Waals surface area contributed by atoms with E-state index in [4.69, 9.17) is 4.98 Å². The molecule has 4 aromatic rings. The topological polar surface area (TPSA) is 79.6 Å². The number of carbonyl (C=O) groups is 2. The van der Waals surface area contributed by atoms with Crippen LogP contribution in [0.2, 0.25) is 0 Å². The molecule has 4 heterocycles. The van der Waals surface area contributed by atoms with Gasteiger partial charge >= 0.3 is 0 Å². The molecule has 0 radical (unpaired) electrons. The molecule has 3 aromatic heterocycles. The van der Waals surface area contributed by atoms with Crippen LogP contribution in [0.4, 0.5) is 0 Å². The first kappa shape index (κ1) is 23.4. The molecule has 0 spiro atoms. The largest absolute Gasteiger partial charge is 0.349 e. The van der Waals surface area contributed by atoms with Crippen LogP contribution in [0.25, 0.3) is 15.4 Å². The first-order valence-electron chi connectivity index (χ1n) is 12.4. The summed E-state index contributed by atoms with van der Waals surface area (Å²) in [5.41, 5.74) is 3.12. The molecule has 1 aliphatic heterocycles. The zero-order valence-corrected chi connectivity index (χ0v) is 22.2. The monoisotopic (exact) mass is 519 g/mol. The standard InChI is InChI=1S/C27H29N5O2S2/c1-15-5-4-6-18(9-15)24-23(29-17(3)36-24)26(34)32-13-19-10-16(2)11-20(19)22(32)12-28-25(33)21-14-31-7-8-35-27(31)30-21/h4-9,14,16,19-20,22H,10-13H2,1-3H3,(H,28,33)/t16?,19-,20-,22+/m0/s1. The number of aromatic nitrogens is 3. The van der Waals surface area contributed by atoms with Crippen LogP contribution in [0.1, 0.15) is 51.3 Å². The van der Waals surface area contributed by atoms with Gasteiger partial charge in [0.1, 0.15) is 11.4 Å². The zero-order chi connectivity index (χ0) is 25.0. The van der Waals surface area contributed by atoms with E-state index in [-0.39, 0.29) is 17.9 Å². The second-order valence-electron chi connectivity index (χ2n) is 10.2. The molecular weight excluding hydrogens is 490 g/mol. The Morgan fingerprint density at radius 2 is 2.06 bits per heavy atom. The van der Waals surface area contributed by atoms with E-state index in [0.717, 1.165) is 45.4 Å². The summed E-state index contributed by atoms with van der Waals surface area (Å²) >= 11 is 3.07. The summed E-state index contributed by atoms with van der Waals surface area (Å²) in [6.45, 7) is 7.45. The maximum Gasteiger partial charge on any atom is 0.274 e. The predicted molar refractivity (Wildman–Crippen MR) is 143 cm³/mol. The van der Waals surface area contributed by atoms with Crippen molar-refractivity contribution in [2.75, 3.05) is 13.1 Å². The van der Waals surface area contributed by atoms with E-state index in [0.29, 0.717) is 35.7 Å². The summed E-state index contributed by atoms with van der Waals surface area (Å²) in [7, 11) is 0. The van der Waals surface area contributed by atoms with Crippen LogP contribution in [-0.2, 0) is 0 Å². The number of hydrogen-bond donors (Lipinski definition) is 1. The number of aryl methyl sites for hydroxylation is 2. The third kappa shape index (κ3) is 4.14. The van der Waals surface area contributed by atoms with Gasteiger partial charge in [-0.3, -0.25) is 14.0 Å². The number of rotatable bonds is 5. The van der Waals surface area contributed by atoms with E-state index in [1.807, 2.05) is 39.9 Å². The molecule has 1 N–H and O–H groups in total. The Labute approximate surface area is 218 Å². The number of likely N-dealkylation sites (tertiary alicyclic amines) is 1. The Kier molecular flexibility index (Phi) is 5.92. The number of nitrogens with one attached hydrogen (secondary N) is 1. The minimum atomic E-state index is -0.197. The third-order valence-corrected chi connectivity index (χ3v) is 9.38. The third-order valence-electron chi connectivity index (χ3n) is 7.59. The molecule has 2 fully saturated rings. The molecule has 186 valence electrons. The molecule has 0 bridgehead atoms. The fourth-order valence-corrected chi connectivity index (χ4v) is 7.66. The molecule has 9 heteroatoms. The van der Waals surface area contributed by atoms with Gasteiger partial charge in [-0.05, 0) is 50.0 Å². The van der Waals surface area contributed by atoms with Crippen LogP contribution in [0.3, 0.4) is 0 Å². The highest BCUT2D eigenvalue weighted by atomic mass is 32.1. The van der Waals surface area contributed by atoms with Crippen LogP contribution in [-0.4, -0.2) is 50.2 Å². The van der Waals surface area contributed by atoms with Crippen molar-refractivity contribution in [1.29, 1.82) is 0 Å². The normalized spacial score (nSPS) is 23.4. The summed E-state index contributed by atoms with van der Waals surface area (Å²) in [5, 5.41) is 5.92. The molecule has 6 rings (SSSR count). The van der Waals surface area contributed by atoms with Gasteiger partial charge in [0.2, 0.25) is 0 Å². The zero-order valence-electron chi connectivity index (χ0n) is 20.6. The minimum Gasteiger partial charge on any atom is -0.349 e. The summed E-state index contributed by atoms with van der Waals surface area (Å²) in [6.07, 6.45) is 5.85. The minimum absolute atomic E-state index is 0.0281. The molecule has 36 heavy (non-hydrogen) atoms. The number of hydrogen-bond acceptors (Lipinski definition) is 6. The summed E-state index contributed by atoms with van der Waals surface area (Å²) < 4.78 is 1.86. The number of imidazole rings is 1. The molecular formula is C27H29N5O2S2. The van der Waals surface area contributed by atoms with Crippen molar-refractivity contribution >= 4 is 39.4 Å². The molecule has 7 nitrogen and oxygen atoms in total. The van der Waals surface area contributed by atoms with Crippen LogP contribution >= 0.6 is 22.7 Å². The first-order chi connectivity index (χ1) is 17.4. The number of amides is 2. The van der Waals surface area contributed by atoms with Crippen LogP contribution in [0.15, 0.2) is 42.0 Å². The number of carbonyl (C=O) groups excluding carboxylic acids is 2. The molecule has 2 amide bonds. The van der Waals surface area contributed by atoms with E-state index in [2.05, 4.69) is 36.3 Å². The molecule has 1 unspecified atom stereocenters. The number of fused-ring (bicyclic) bond motifs is 2. The summed E-state index contributed by atoms with van der Waals surface area (Å²) in [5.74, 6) is 1.26. The molecule has 1 saturated carbocycles. The van der Waals surface area contributed by atoms with E-state index in [1.54, 1.807) is 17.5 Å². The average molecular weight is 520 g/mol. The van der Waals surface area contributed by atoms with Crippen LogP contribution in [0.5, 0.6) is 0 Å². The smallest absolute Gasteiger partial charge is 0.274 e. The second-order valence-corrected chi connectivity index (χ2v) is 12.3. The fraction of sp³-hybridized carbons (Fsp3) is 0.407. The molecule has 4 atom stereocenters. The van der Waals surface area contributed by atoms with Crippen molar-refractivity contribution in [1.82, 2.24) is 24.6 Å². The lowest BCUT2D eigenvalue weighted by Crippen LogP contribution is -2.46. The van der Waals surface area contributed by atoms with E-state index >= 15 is 0 Å². The van der Waals surface area contributed by atoms with Gasteiger partial charge < -0.3 is 10.2 Å². The van der Waals surface area contributed by atoms with E-state index < -0.39 is 0 Å². The highest BCUT2D eigenvalue weighted by Gasteiger charge is 2.48. The number of benzene rings is 1.